The molecule has 1 aromatic carbocycles. The van der Waals surface area contributed by atoms with Crippen LogP contribution in [-0.4, -0.2) is 18.0 Å². The van der Waals surface area contributed by atoms with Gasteiger partial charge >= 0.3 is 12.1 Å². The summed E-state index contributed by atoms with van der Waals surface area (Å²) >= 11 is 6.94. The van der Waals surface area contributed by atoms with Gasteiger partial charge in [0.05, 0.1) is 16.3 Å². The molecule has 9 heteroatoms. The zero-order chi connectivity index (χ0) is 17.9. The van der Waals surface area contributed by atoms with E-state index in [1.807, 2.05) is 0 Å². The number of anilines is 1. The number of thiophene rings is 1. The van der Waals surface area contributed by atoms with Crippen LogP contribution in [-0.2, 0) is 15.7 Å². The average molecular weight is 378 g/mol. The number of rotatable bonds is 4. The maximum Gasteiger partial charge on any atom is 0.416 e. The van der Waals surface area contributed by atoms with Gasteiger partial charge < -0.3 is 10.1 Å². The lowest BCUT2D eigenvalue weighted by molar-refractivity contribution is -0.137. The van der Waals surface area contributed by atoms with Gasteiger partial charge in [0.15, 0.2) is 6.10 Å². The minimum Gasteiger partial charge on any atom is -0.448 e. The highest BCUT2D eigenvalue weighted by atomic mass is 35.5. The second-order valence-electron chi connectivity index (χ2n) is 4.71. The number of carbonyl (C=O) groups is 2. The topological polar surface area (TPSA) is 55.4 Å². The molecule has 0 unspecified atom stereocenters. The number of amides is 1. The van der Waals surface area contributed by atoms with E-state index in [0.717, 1.165) is 23.5 Å². The number of ether oxygens (including phenoxy) is 1. The lowest BCUT2D eigenvalue weighted by Crippen LogP contribution is -2.30. The van der Waals surface area contributed by atoms with Crippen LogP contribution in [0.25, 0.3) is 0 Å². The van der Waals surface area contributed by atoms with E-state index < -0.39 is 29.7 Å². The third kappa shape index (κ3) is 4.48. The van der Waals surface area contributed by atoms with E-state index in [4.69, 9.17) is 16.3 Å². The van der Waals surface area contributed by atoms with Crippen LogP contribution in [0.5, 0.6) is 0 Å². The van der Waals surface area contributed by atoms with Crippen molar-refractivity contribution < 1.29 is 27.5 Å². The molecule has 0 spiro atoms. The third-order valence-corrected chi connectivity index (χ3v) is 4.11. The first-order valence-electron chi connectivity index (χ1n) is 6.60. The van der Waals surface area contributed by atoms with Crippen molar-refractivity contribution in [3.8, 4) is 0 Å². The zero-order valence-corrected chi connectivity index (χ0v) is 13.8. The molecule has 4 nitrogen and oxygen atoms in total. The normalized spacial score (nSPS) is 12.5. The van der Waals surface area contributed by atoms with Gasteiger partial charge in [0.2, 0.25) is 0 Å². The molecule has 2 aromatic rings. The Hall–Kier alpha value is -2.06. The molecule has 0 bridgehead atoms. The summed E-state index contributed by atoms with van der Waals surface area (Å²) in [6.07, 6.45) is -5.77. The quantitative estimate of drug-likeness (QED) is 0.792. The molecule has 0 fully saturated rings. The fraction of sp³-hybridized carbons (Fsp3) is 0.200. The summed E-state index contributed by atoms with van der Waals surface area (Å²) in [6.45, 7) is 1.31. The monoisotopic (exact) mass is 377 g/mol. The van der Waals surface area contributed by atoms with E-state index in [2.05, 4.69) is 5.32 Å². The molecule has 2 rings (SSSR count). The van der Waals surface area contributed by atoms with Gasteiger partial charge in [-0.2, -0.15) is 13.2 Å². The van der Waals surface area contributed by atoms with Crippen LogP contribution < -0.4 is 5.32 Å². The van der Waals surface area contributed by atoms with Crippen molar-refractivity contribution in [3.05, 3.63) is 51.2 Å². The zero-order valence-electron chi connectivity index (χ0n) is 12.2. The smallest absolute Gasteiger partial charge is 0.416 e. The van der Waals surface area contributed by atoms with Crippen molar-refractivity contribution in [3.63, 3.8) is 0 Å². The predicted octanol–water partition coefficient (Wildman–Crippen LogP) is 4.60. The summed E-state index contributed by atoms with van der Waals surface area (Å²) in [4.78, 5) is 24.1. The van der Waals surface area contributed by atoms with Crippen molar-refractivity contribution >= 4 is 40.5 Å². The molecular weight excluding hydrogens is 367 g/mol. The SMILES string of the molecule is C[C@@H](OC(=O)c1cccs1)C(=O)Nc1cc(C(F)(F)F)ccc1Cl. The molecule has 0 aliphatic rings. The van der Waals surface area contributed by atoms with Crippen molar-refractivity contribution in [2.75, 3.05) is 5.32 Å². The number of hydrogen-bond acceptors (Lipinski definition) is 4. The van der Waals surface area contributed by atoms with E-state index in [1.165, 1.54) is 13.0 Å². The largest absolute Gasteiger partial charge is 0.448 e. The molecule has 1 amide bonds. The highest BCUT2D eigenvalue weighted by molar-refractivity contribution is 7.11. The molecule has 128 valence electrons. The van der Waals surface area contributed by atoms with Gasteiger partial charge in [-0.15, -0.1) is 11.3 Å². The van der Waals surface area contributed by atoms with E-state index in [-0.39, 0.29) is 10.7 Å². The molecular formula is C15H11ClF3NO3S. The molecule has 0 aliphatic carbocycles. The van der Waals surface area contributed by atoms with E-state index >= 15 is 0 Å². The first kappa shape index (κ1) is 18.3. The second kappa shape index (κ2) is 7.23. The first-order chi connectivity index (χ1) is 11.2. The molecule has 1 atom stereocenters. The van der Waals surface area contributed by atoms with Crippen molar-refractivity contribution in [1.82, 2.24) is 0 Å². The number of benzene rings is 1. The highest BCUT2D eigenvalue weighted by Crippen LogP contribution is 2.33. The van der Waals surface area contributed by atoms with Crippen LogP contribution in [0.15, 0.2) is 35.7 Å². The van der Waals surface area contributed by atoms with Crippen LogP contribution in [0.1, 0.15) is 22.2 Å². The van der Waals surface area contributed by atoms with Crippen LogP contribution in [0.3, 0.4) is 0 Å². The molecule has 1 N–H and O–H groups in total. The van der Waals surface area contributed by atoms with Gasteiger partial charge in [-0.05, 0) is 36.6 Å². The Morgan fingerprint density at radius 1 is 1.29 bits per heavy atom. The van der Waals surface area contributed by atoms with Gasteiger partial charge in [0.25, 0.3) is 5.91 Å². The Kier molecular flexibility index (Phi) is 5.51. The molecule has 0 aliphatic heterocycles. The summed E-state index contributed by atoms with van der Waals surface area (Å²) in [7, 11) is 0. The summed E-state index contributed by atoms with van der Waals surface area (Å²) in [6, 6.07) is 5.73. The fourth-order valence-electron chi connectivity index (χ4n) is 1.70. The molecule has 24 heavy (non-hydrogen) atoms. The molecule has 0 saturated carbocycles. The van der Waals surface area contributed by atoms with Crippen molar-refractivity contribution in [2.24, 2.45) is 0 Å². The van der Waals surface area contributed by atoms with Gasteiger partial charge in [0, 0.05) is 0 Å². The van der Waals surface area contributed by atoms with Gasteiger partial charge in [0.1, 0.15) is 4.88 Å². The van der Waals surface area contributed by atoms with Gasteiger partial charge in [-0.3, -0.25) is 4.79 Å². The lowest BCUT2D eigenvalue weighted by Gasteiger charge is -2.15. The second-order valence-corrected chi connectivity index (χ2v) is 6.06. The number of nitrogens with one attached hydrogen (secondary N) is 1. The van der Waals surface area contributed by atoms with E-state index in [0.29, 0.717) is 10.9 Å². The number of halogens is 4. The number of esters is 1. The summed E-state index contributed by atoms with van der Waals surface area (Å²) in [5.41, 5.74) is -1.17. The maximum atomic E-state index is 12.7. The number of alkyl halides is 3. The first-order valence-corrected chi connectivity index (χ1v) is 7.86. The fourth-order valence-corrected chi connectivity index (χ4v) is 2.47. The standard InChI is InChI=1S/C15H11ClF3NO3S/c1-8(23-14(22)12-3-2-6-24-12)13(21)20-11-7-9(15(17,18)19)4-5-10(11)16/h2-8H,1H3,(H,20,21)/t8-/m1/s1. The molecule has 0 saturated heterocycles. The summed E-state index contributed by atoms with van der Waals surface area (Å²) in [5, 5.41) is 3.84. The minimum atomic E-state index is -4.57. The van der Waals surface area contributed by atoms with Crippen LogP contribution in [0.4, 0.5) is 18.9 Å². The number of carbonyl (C=O) groups excluding carboxylic acids is 2. The van der Waals surface area contributed by atoms with Crippen molar-refractivity contribution in [2.45, 2.75) is 19.2 Å². The highest BCUT2D eigenvalue weighted by Gasteiger charge is 2.31. The summed E-state index contributed by atoms with van der Waals surface area (Å²) < 4.78 is 43.1. The van der Waals surface area contributed by atoms with Gasteiger partial charge in [-0.1, -0.05) is 17.7 Å². The third-order valence-electron chi connectivity index (χ3n) is 2.93. The molecule has 1 heterocycles. The van der Waals surface area contributed by atoms with Crippen LogP contribution in [0.2, 0.25) is 5.02 Å². The predicted molar refractivity (Wildman–Crippen MR) is 84.3 cm³/mol. The summed E-state index contributed by atoms with van der Waals surface area (Å²) in [5.74, 6) is -1.48. The van der Waals surface area contributed by atoms with Crippen LogP contribution >= 0.6 is 22.9 Å². The van der Waals surface area contributed by atoms with Crippen LogP contribution in [0, 0.1) is 0 Å². The molecule has 0 radical (unpaired) electrons. The molecule has 1 aromatic heterocycles. The minimum absolute atomic E-state index is 0.0619. The lowest BCUT2D eigenvalue weighted by atomic mass is 10.2. The van der Waals surface area contributed by atoms with Crippen molar-refractivity contribution in [1.29, 1.82) is 0 Å². The van der Waals surface area contributed by atoms with E-state index in [1.54, 1.807) is 11.4 Å². The maximum absolute atomic E-state index is 12.7. The Morgan fingerprint density at radius 2 is 2.00 bits per heavy atom. The Morgan fingerprint density at radius 3 is 2.58 bits per heavy atom. The Labute approximate surface area is 144 Å². The van der Waals surface area contributed by atoms with E-state index in [9.17, 15) is 22.8 Å². The van der Waals surface area contributed by atoms with Gasteiger partial charge in [-0.25, -0.2) is 4.79 Å². The average Bonchev–Trinajstić information content (AvgIpc) is 3.02. The Balaban J connectivity index is 2.07. The Bertz CT molecular complexity index is 747. The number of hydrogen-bond donors (Lipinski definition) is 1.